The highest BCUT2D eigenvalue weighted by Gasteiger charge is 2.11. The number of ether oxygens (including phenoxy) is 1. The standard InChI is InChI=1S/C16H17BrClNO/c1-10-8-12(6-7-14(10)17)20-16-5-3-4-15(18)13(16)9-11(2)19/h3-8,11H,9,19H2,1-2H3. The maximum Gasteiger partial charge on any atom is 0.132 e. The zero-order valence-electron chi connectivity index (χ0n) is 11.5. The Balaban J connectivity index is 2.32. The molecule has 2 nitrogen and oxygen atoms in total. The maximum atomic E-state index is 6.25. The first-order valence-corrected chi connectivity index (χ1v) is 7.61. The molecular weight excluding hydrogens is 338 g/mol. The molecule has 2 aromatic rings. The fourth-order valence-corrected chi connectivity index (χ4v) is 2.45. The molecule has 1 atom stereocenters. The minimum Gasteiger partial charge on any atom is -0.457 e. The summed E-state index contributed by atoms with van der Waals surface area (Å²) >= 11 is 9.73. The Hall–Kier alpha value is -1.03. The van der Waals surface area contributed by atoms with Crippen LogP contribution < -0.4 is 10.5 Å². The van der Waals surface area contributed by atoms with Crippen LogP contribution in [0.3, 0.4) is 0 Å². The van der Waals surface area contributed by atoms with E-state index >= 15 is 0 Å². The van der Waals surface area contributed by atoms with E-state index in [-0.39, 0.29) is 6.04 Å². The van der Waals surface area contributed by atoms with Crippen LogP contribution in [-0.4, -0.2) is 6.04 Å². The van der Waals surface area contributed by atoms with Crippen LogP contribution >= 0.6 is 27.5 Å². The molecule has 0 aliphatic carbocycles. The van der Waals surface area contributed by atoms with Gasteiger partial charge in [0.05, 0.1) is 0 Å². The van der Waals surface area contributed by atoms with E-state index < -0.39 is 0 Å². The second kappa shape index (κ2) is 6.61. The molecule has 0 bridgehead atoms. The summed E-state index contributed by atoms with van der Waals surface area (Å²) in [5.41, 5.74) is 7.95. The minimum atomic E-state index is 0.0314. The molecule has 0 aliphatic rings. The van der Waals surface area contributed by atoms with Gasteiger partial charge in [-0.25, -0.2) is 0 Å². The number of rotatable bonds is 4. The van der Waals surface area contributed by atoms with E-state index in [1.54, 1.807) is 0 Å². The van der Waals surface area contributed by atoms with Gasteiger partial charge in [0, 0.05) is 21.1 Å². The van der Waals surface area contributed by atoms with Crippen molar-refractivity contribution in [3.63, 3.8) is 0 Å². The lowest BCUT2D eigenvalue weighted by molar-refractivity contribution is 0.473. The van der Waals surface area contributed by atoms with Gasteiger partial charge < -0.3 is 10.5 Å². The second-order valence-electron chi connectivity index (χ2n) is 4.91. The van der Waals surface area contributed by atoms with Crippen LogP contribution in [0.2, 0.25) is 5.02 Å². The zero-order chi connectivity index (χ0) is 14.7. The molecule has 4 heteroatoms. The second-order valence-corrected chi connectivity index (χ2v) is 6.17. The Morgan fingerprint density at radius 1 is 1.30 bits per heavy atom. The van der Waals surface area contributed by atoms with Crippen molar-refractivity contribution >= 4 is 27.5 Å². The van der Waals surface area contributed by atoms with Crippen molar-refractivity contribution in [2.24, 2.45) is 5.73 Å². The third kappa shape index (κ3) is 3.75. The third-order valence-electron chi connectivity index (χ3n) is 2.96. The average molecular weight is 355 g/mol. The molecule has 2 rings (SSSR count). The lowest BCUT2D eigenvalue weighted by Crippen LogP contribution is -2.18. The molecule has 0 amide bonds. The molecule has 0 aromatic heterocycles. The number of hydrogen-bond acceptors (Lipinski definition) is 2. The van der Waals surface area contributed by atoms with Crippen molar-refractivity contribution in [3.8, 4) is 11.5 Å². The van der Waals surface area contributed by atoms with Crippen molar-refractivity contribution < 1.29 is 4.74 Å². The first-order chi connectivity index (χ1) is 9.47. The average Bonchev–Trinajstić information content (AvgIpc) is 2.38. The van der Waals surface area contributed by atoms with Crippen LogP contribution in [0.1, 0.15) is 18.1 Å². The molecule has 0 saturated heterocycles. The first-order valence-electron chi connectivity index (χ1n) is 6.44. The van der Waals surface area contributed by atoms with Gasteiger partial charge in [0.1, 0.15) is 11.5 Å². The molecule has 2 N–H and O–H groups in total. The molecule has 0 saturated carbocycles. The van der Waals surface area contributed by atoms with Crippen molar-refractivity contribution in [1.29, 1.82) is 0 Å². The molecule has 0 fully saturated rings. The predicted octanol–water partition coefficient (Wildman–Crippen LogP) is 5.09. The highest BCUT2D eigenvalue weighted by Crippen LogP contribution is 2.32. The van der Waals surface area contributed by atoms with Crippen LogP contribution in [-0.2, 0) is 6.42 Å². The summed E-state index contributed by atoms with van der Waals surface area (Å²) in [7, 11) is 0. The van der Waals surface area contributed by atoms with Crippen molar-refractivity contribution in [2.75, 3.05) is 0 Å². The number of aryl methyl sites for hydroxylation is 1. The smallest absolute Gasteiger partial charge is 0.132 e. The molecule has 106 valence electrons. The fraction of sp³-hybridized carbons (Fsp3) is 0.250. The van der Waals surface area contributed by atoms with E-state index in [9.17, 15) is 0 Å². The van der Waals surface area contributed by atoms with Crippen LogP contribution in [0.25, 0.3) is 0 Å². The molecule has 0 spiro atoms. The van der Waals surface area contributed by atoms with E-state index in [1.165, 1.54) is 0 Å². The summed E-state index contributed by atoms with van der Waals surface area (Å²) in [5.74, 6) is 1.55. The van der Waals surface area contributed by atoms with E-state index in [0.29, 0.717) is 11.4 Å². The maximum absolute atomic E-state index is 6.25. The van der Waals surface area contributed by atoms with E-state index in [1.807, 2.05) is 50.2 Å². The monoisotopic (exact) mass is 353 g/mol. The summed E-state index contributed by atoms with van der Waals surface area (Å²) in [6.07, 6.45) is 0.685. The van der Waals surface area contributed by atoms with Crippen LogP contribution in [0.4, 0.5) is 0 Å². The van der Waals surface area contributed by atoms with Gasteiger partial charge in [-0.3, -0.25) is 0 Å². The molecule has 0 aliphatic heterocycles. The van der Waals surface area contributed by atoms with Gasteiger partial charge in [0.15, 0.2) is 0 Å². The van der Waals surface area contributed by atoms with Crippen molar-refractivity contribution in [3.05, 3.63) is 57.0 Å². The minimum absolute atomic E-state index is 0.0314. The molecule has 1 unspecified atom stereocenters. The summed E-state index contributed by atoms with van der Waals surface area (Å²) in [5, 5.41) is 0.689. The van der Waals surface area contributed by atoms with Gasteiger partial charge in [-0.2, -0.15) is 0 Å². The summed E-state index contributed by atoms with van der Waals surface area (Å²) in [6.45, 7) is 3.98. The van der Waals surface area contributed by atoms with Crippen molar-refractivity contribution in [2.45, 2.75) is 26.3 Å². The molecule has 0 heterocycles. The topological polar surface area (TPSA) is 35.2 Å². The van der Waals surface area contributed by atoms with Crippen LogP contribution in [0, 0.1) is 6.92 Å². The Labute approximate surface area is 133 Å². The van der Waals surface area contributed by atoms with E-state index in [2.05, 4.69) is 15.9 Å². The lowest BCUT2D eigenvalue weighted by Gasteiger charge is -2.15. The normalized spacial score (nSPS) is 12.2. The number of hydrogen-bond donors (Lipinski definition) is 1. The van der Waals surface area contributed by atoms with Crippen LogP contribution in [0.15, 0.2) is 40.9 Å². The molecular formula is C16H17BrClNO. The highest BCUT2D eigenvalue weighted by atomic mass is 79.9. The van der Waals surface area contributed by atoms with E-state index in [0.717, 1.165) is 27.1 Å². The summed E-state index contributed by atoms with van der Waals surface area (Å²) in [6, 6.07) is 11.6. The van der Waals surface area contributed by atoms with Gasteiger partial charge in [0.2, 0.25) is 0 Å². The summed E-state index contributed by atoms with van der Waals surface area (Å²) in [4.78, 5) is 0. The van der Waals surface area contributed by atoms with E-state index in [4.69, 9.17) is 22.1 Å². The Morgan fingerprint density at radius 3 is 2.70 bits per heavy atom. The molecule has 2 aromatic carbocycles. The lowest BCUT2D eigenvalue weighted by atomic mass is 10.1. The first kappa shape index (κ1) is 15.4. The van der Waals surface area contributed by atoms with Crippen LogP contribution in [0.5, 0.6) is 11.5 Å². The quantitative estimate of drug-likeness (QED) is 0.829. The molecule has 20 heavy (non-hydrogen) atoms. The predicted molar refractivity (Wildman–Crippen MR) is 87.8 cm³/mol. The number of nitrogens with two attached hydrogens (primary N) is 1. The van der Waals surface area contributed by atoms with Crippen molar-refractivity contribution in [1.82, 2.24) is 0 Å². The van der Waals surface area contributed by atoms with Gasteiger partial charge in [-0.05, 0) is 56.2 Å². The van der Waals surface area contributed by atoms with Gasteiger partial charge in [0.25, 0.3) is 0 Å². The Kier molecular flexibility index (Phi) is 5.08. The number of halogens is 2. The Bertz CT molecular complexity index is 613. The van der Waals surface area contributed by atoms with Gasteiger partial charge in [-0.1, -0.05) is 33.6 Å². The summed E-state index contributed by atoms with van der Waals surface area (Å²) < 4.78 is 7.03. The highest BCUT2D eigenvalue weighted by molar-refractivity contribution is 9.10. The Morgan fingerprint density at radius 2 is 2.05 bits per heavy atom. The number of benzene rings is 2. The SMILES string of the molecule is Cc1cc(Oc2cccc(Cl)c2CC(C)N)ccc1Br. The largest absolute Gasteiger partial charge is 0.457 e. The van der Waals surface area contributed by atoms with Gasteiger partial charge >= 0.3 is 0 Å². The zero-order valence-corrected chi connectivity index (χ0v) is 13.8. The molecule has 0 radical (unpaired) electrons. The van der Waals surface area contributed by atoms with Gasteiger partial charge in [-0.15, -0.1) is 0 Å². The third-order valence-corrected chi connectivity index (χ3v) is 4.20. The fourth-order valence-electron chi connectivity index (χ4n) is 1.96.